The lowest BCUT2D eigenvalue weighted by Crippen LogP contribution is -2.31. The number of hydrogen-bond acceptors (Lipinski definition) is 3. The number of methoxy groups -OCH3 is 2. The second-order valence-corrected chi connectivity index (χ2v) is 7.98. The van der Waals surface area contributed by atoms with Crippen molar-refractivity contribution in [2.45, 2.75) is 20.0 Å². The summed E-state index contributed by atoms with van der Waals surface area (Å²) < 4.78 is 12.8. The van der Waals surface area contributed by atoms with Gasteiger partial charge in [0.1, 0.15) is 11.5 Å². The Labute approximate surface area is 194 Å². The highest BCUT2D eigenvalue weighted by Crippen LogP contribution is 2.26. The summed E-state index contributed by atoms with van der Waals surface area (Å²) in [4.78, 5) is 15.8. The molecule has 0 atom stereocenters. The van der Waals surface area contributed by atoms with Gasteiger partial charge < -0.3 is 18.9 Å². The highest BCUT2D eigenvalue weighted by atomic mass is 16.5. The third kappa shape index (κ3) is 5.26. The van der Waals surface area contributed by atoms with Crippen LogP contribution in [-0.4, -0.2) is 29.6 Å². The molecule has 0 N–H and O–H groups in total. The van der Waals surface area contributed by atoms with E-state index in [4.69, 9.17) is 9.47 Å². The summed E-state index contributed by atoms with van der Waals surface area (Å²) in [5.74, 6) is 1.35. The summed E-state index contributed by atoms with van der Waals surface area (Å²) in [6.07, 6.45) is 3.90. The molecule has 0 spiro atoms. The van der Waals surface area contributed by atoms with Crippen LogP contribution >= 0.6 is 0 Å². The van der Waals surface area contributed by atoms with Gasteiger partial charge in [0.2, 0.25) is 0 Å². The van der Waals surface area contributed by atoms with E-state index >= 15 is 0 Å². The summed E-state index contributed by atoms with van der Waals surface area (Å²) in [6.45, 7) is 2.96. The molecule has 3 aromatic carbocycles. The van der Waals surface area contributed by atoms with E-state index in [9.17, 15) is 4.79 Å². The van der Waals surface area contributed by atoms with E-state index in [1.54, 1.807) is 14.2 Å². The van der Waals surface area contributed by atoms with Gasteiger partial charge in [0.25, 0.3) is 5.91 Å². The van der Waals surface area contributed by atoms with Gasteiger partial charge in [-0.05, 0) is 54.4 Å². The molecule has 5 nitrogen and oxygen atoms in total. The van der Waals surface area contributed by atoms with Crippen molar-refractivity contribution < 1.29 is 14.3 Å². The van der Waals surface area contributed by atoms with Crippen LogP contribution in [-0.2, 0) is 13.1 Å². The first-order chi connectivity index (χ1) is 16.1. The average Bonchev–Trinajstić information content (AvgIpc) is 3.39. The maximum atomic E-state index is 13.9. The standard InChI is InChI=1S/C28H28N2O3/c1-21-10-12-22(13-11-21)19-30(20-23-16-24(32-2)18-25(17-23)33-3)28(31)26-8-4-5-9-27(26)29-14-6-7-15-29/h4-18H,19-20H2,1-3H3. The lowest BCUT2D eigenvalue weighted by Gasteiger charge is -2.25. The van der Waals surface area contributed by atoms with Crippen molar-refractivity contribution in [1.29, 1.82) is 0 Å². The van der Waals surface area contributed by atoms with Gasteiger partial charge in [-0.2, -0.15) is 0 Å². The third-order valence-corrected chi connectivity index (χ3v) is 5.58. The van der Waals surface area contributed by atoms with Crippen molar-refractivity contribution in [2.75, 3.05) is 14.2 Å². The van der Waals surface area contributed by atoms with Crippen molar-refractivity contribution in [3.63, 3.8) is 0 Å². The number of rotatable bonds is 8. The van der Waals surface area contributed by atoms with Gasteiger partial charge in [-0.3, -0.25) is 4.79 Å². The molecular formula is C28H28N2O3. The van der Waals surface area contributed by atoms with Gasteiger partial charge in [-0.25, -0.2) is 0 Å². The van der Waals surface area contributed by atoms with Crippen LogP contribution in [0.3, 0.4) is 0 Å². The van der Waals surface area contributed by atoms with Gasteiger partial charge in [-0.1, -0.05) is 42.0 Å². The fraction of sp³-hybridized carbons (Fsp3) is 0.179. The third-order valence-electron chi connectivity index (χ3n) is 5.58. The number of carbonyl (C=O) groups excluding carboxylic acids is 1. The largest absolute Gasteiger partial charge is 0.497 e. The molecule has 33 heavy (non-hydrogen) atoms. The number of aromatic nitrogens is 1. The Bertz CT molecular complexity index is 1190. The van der Waals surface area contributed by atoms with E-state index in [-0.39, 0.29) is 5.91 Å². The number of hydrogen-bond donors (Lipinski definition) is 0. The Morgan fingerprint density at radius 1 is 0.788 bits per heavy atom. The Morgan fingerprint density at radius 3 is 2.03 bits per heavy atom. The number of amides is 1. The minimum atomic E-state index is -0.0401. The Kier molecular flexibility index (Phi) is 6.79. The smallest absolute Gasteiger partial charge is 0.256 e. The highest BCUT2D eigenvalue weighted by molar-refractivity contribution is 5.97. The van der Waals surface area contributed by atoms with Crippen molar-refractivity contribution in [2.24, 2.45) is 0 Å². The molecule has 0 fully saturated rings. The van der Waals surface area contributed by atoms with E-state index in [1.807, 2.05) is 76.5 Å². The van der Waals surface area contributed by atoms with Gasteiger partial charge >= 0.3 is 0 Å². The Balaban J connectivity index is 1.72. The lowest BCUT2D eigenvalue weighted by atomic mass is 10.1. The monoisotopic (exact) mass is 440 g/mol. The second-order valence-electron chi connectivity index (χ2n) is 7.98. The van der Waals surface area contributed by atoms with Crippen LogP contribution < -0.4 is 9.47 Å². The molecule has 0 saturated heterocycles. The predicted octanol–water partition coefficient (Wildman–Crippen LogP) is 5.65. The fourth-order valence-electron chi connectivity index (χ4n) is 3.84. The van der Waals surface area contributed by atoms with Crippen LogP contribution in [0.4, 0.5) is 0 Å². The van der Waals surface area contributed by atoms with Crippen LogP contribution in [0.2, 0.25) is 0 Å². The van der Waals surface area contributed by atoms with Crippen LogP contribution in [0.5, 0.6) is 11.5 Å². The minimum absolute atomic E-state index is 0.0401. The number of nitrogens with zero attached hydrogens (tertiary/aromatic N) is 2. The minimum Gasteiger partial charge on any atom is -0.497 e. The maximum Gasteiger partial charge on any atom is 0.256 e. The molecule has 0 aliphatic carbocycles. The molecule has 4 rings (SSSR count). The maximum absolute atomic E-state index is 13.9. The number of aryl methyl sites for hydroxylation is 1. The SMILES string of the molecule is COc1cc(CN(Cc2ccc(C)cc2)C(=O)c2ccccc2-n2cccc2)cc(OC)c1. The number of benzene rings is 3. The molecule has 0 bridgehead atoms. The zero-order chi connectivity index (χ0) is 23.2. The molecule has 1 heterocycles. The molecule has 1 amide bonds. The number of carbonyl (C=O) groups is 1. The molecule has 1 aromatic heterocycles. The Hall–Kier alpha value is -3.99. The van der Waals surface area contributed by atoms with Crippen molar-refractivity contribution in [3.05, 3.63) is 114 Å². The predicted molar refractivity (Wildman–Crippen MR) is 130 cm³/mol. The second kappa shape index (κ2) is 10.1. The molecule has 0 aliphatic heterocycles. The van der Waals surface area contributed by atoms with Gasteiger partial charge in [0.15, 0.2) is 0 Å². The van der Waals surface area contributed by atoms with Crippen LogP contribution in [0.1, 0.15) is 27.0 Å². The van der Waals surface area contributed by atoms with Crippen LogP contribution in [0.25, 0.3) is 5.69 Å². The molecule has 0 radical (unpaired) electrons. The van der Waals surface area contributed by atoms with Gasteiger partial charge in [0, 0.05) is 31.5 Å². The average molecular weight is 441 g/mol. The van der Waals surface area contributed by atoms with Crippen molar-refractivity contribution in [1.82, 2.24) is 9.47 Å². The zero-order valence-electron chi connectivity index (χ0n) is 19.2. The molecule has 4 aromatic rings. The van der Waals surface area contributed by atoms with E-state index in [0.717, 1.165) is 16.8 Å². The van der Waals surface area contributed by atoms with E-state index < -0.39 is 0 Å². The molecule has 0 saturated carbocycles. The summed E-state index contributed by atoms with van der Waals surface area (Å²) in [5.41, 5.74) is 4.69. The van der Waals surface area contributed by atoms with Crippen molar-refractivity contribution in [3.8, 4) is 17.2 Å². The van der Waals surface area contributed by atoms with Crippen LogP contribution in [0, 0.1) is 6.92 Å². The summed E-state index contributed by atoms with van der Waals surface area (Å²) in [5, 5.41) is 0. The molecule has 0 unspecified atom stereocenters. The first-order valence-corrected chi connectivity index (χ1v) is 10.9. The van der Waals surface area contributed by atoms with Gasteiger partial charge in [0.05, 0.1) is 25.5 Å². The van der Waals surface area contributed by atoms with Crippen LogP contribution in [0.15, 0.2) is 91.3 Å². The first-order valence-electron chi connectivity index (χ1n) is 10.9. The number of ether oxygens (including phenoxy) is 2. The van der Waals surface area contributed by atoms with E-state index in [0.29, 0.717) is 30.2 Å². The molecule has 0 aliphatic rings. The molecule has 168 valence electrons. The van der Waals surface area contributed by atoms with E-state index in [2.05, 4.69) is 31.2 Å². The Morgan fingerprint density at radius 2 is 1.39 bits per heavy atom. The fourth-order valence-corrected chi connectivity index (χ4v) is 3.84. The molecular weight excluding hydrogens is 412 g/mol. The number of para-hydroxylation sites is 1. The highest BCUT2D eigenvalue weighted by Gasteiger charge is 2.21. The zero-order valence-corrected chi connectivity index (χ0v) is 19.2. The topological polar surface area (TPSA) is 43.7 Å². The van der Waals surface area contributed by atoms with E-state index in [1.165, 1.54) is 5.56 Å². The first kappa shape index (κ1) is 22.2. The quantitative estimate of drug-likeness (QED) is 0.356. The normalized spacial score (nSPS) is 10.6. The van der Waals surface area contributed by atoms with Gasteiger partial charge in [-0.15, -0.1) is 0 Å². The van der Waals surface area contributed by atoms with Crippen molar-refractivity contribution >= 4 is 5.91 Å². The summed E-state index contributed by atoms with van der Waals surface area (Å²) in [6, 6.07) is 25.6. The summed E-state index contributed by atoms with van der Waals surface area (Å²) in [7, 11) is 3.25. The summed E-state index contributed by atoms with van der Waals surface area (Å²) >= 11 is 0. The molecule has 5 heteroatoms. The lowest BCUT2D eigenvalue weighted by molar-refractivity contribution is 0.0729.